The van der Waals surface area contributed by atoms with Gasteiger partial charge in [-0.2, -0.15) is 9.13 Å². The molecule has 2 heterocycles. The number of aromatic nitrogens is 4. The molecule has 0 saturated heterocycles. The quantitative estimate of drug-likeness (QED) is 0.390. The Kier molecular flexibility index (Phi) is 4.96. The molecule has 0 aliphatic rings. The Morgan fingerprint density at radius 3 is 1.33 bits per heavy atom. The highest BCUT2D eigenvalue weighted by molar-refractivity contribution is 5.51. The molecule has 0 unspecified atom stereocenters. The Bertz CT molecular complexity index is 1140. The van der Waals surface area contributed by atoms with Crippen molar-refractivity contribution in [2.45, 2.75) is 13.1 Å². The predicted molar refractivity (Wildman–Crippen MR) is 117 cm³/mol. The van der Waals surface area contributed by atoms with Gasteiger partial charge in [0, 0.05) is 0 Å². The van der Waals surface area contributed by atoms with Crippen molar-refractivity contribution in [3.63, 3.8) is 0 Å². The lowest BCUT2D eigenvalue weighted by atomic mass is 10.2. The van der Waals surface area contributed by atoms with Crippen molar-refractivity contribution in [2.75, 3.05) is 0 Å². The van der Waals surface area contributed by atoms with Crippen LogP contribution in [0.3, 0.4) is 0 Å². The molecule has 3 aromatic carbocycles. The van der Waals surface area contributed by atoms with Crippen molar-refractivity contribution >= 4 is 0 Å². The molecule has 0 bridgehead atoms. The zero-order valence-corrected chi connectivity index (χ0v) is 16.8. The van der Waals surface area contributed by atoms with E-state index in [1.165, 1.54) is 11.1 Å². The van der Waals surface area contributed by atoms with Gasteiger partial charge in [-0.25, -0.2) is 9.13 Å². The largest absolute Gasteiger partial charge is 0.249 e. The maximum absolute atomic E-state index is 2.21. The summed E-state index contributed by atoms with van der Waals surface area (Å²) in [5.41, 5.74) is 4.88. The minimum atomic E-state index is 0.858. The van der Waals surface area contributed by atoms with Gasteiger partial charge in [-0.05, 0) is 23.3 Å². The SMILES string of the molecule is c1ccc(C[n+]2ccn(-c3ccccc3-n3cc[n+](Cc4ccccc4)c3)c2)cc1. The molecular weight excluding hydrogens is 368 g/mol. The van der Waals surface area contributed by atoms with Crippen molar-refractivity contribution in [3.05, 3.63) is 133 Å². The molecule has 0 amide bonds. The highest BCUT2D eigenvalue weighted by Crippen LogP contribution is 2.18. The van der Waals surface area contributed by atoms with E-state index in [2.05, 4.69) is 141 Å². The molecule has 0 radical (unpaired) electrons. The van der Waals surface area contributed by atoms with Gasteiger partial charge in [0.05, 0.1) is 0 Å². The average molecular weight is 393 g/mol. The van der Waals surface area contributed by atoms with Gasteiger partial charge in [0.1, 0.15) is 37.9 Å². The van der Waals surface area contributed by atoms with Crippen LogP contribution in [0.2, 0.25) is 0 Å². The van der Waals surface area contributed by atoms with Crippen molar-refractivity contribution in [1.82, 2.24) is 9.13 Å². The van der Waals surface area contributed by atoms with Crippen LogP contribution in [0.4, 0.5) is 0 Å². The molecule has 146 valence electrons. The normalized spacial score (nSPS) is 10.9. The van der Waals surface area contributed by atoms with Gasteiger partial charge in [0.15, 0.2) is 11.4 Å². The summed E-state index contributed by atoms with van der Waals surface area (Å²) in [7, 11) is 0. The second-order valence-corrected chi connectivity index (χ2v) is 7.45. The molecule has 0 aliphatic heterocycles. The molecule has 0 N–H and O–H groups in total. The van der Waals surface area contributed by atoms with Crippen LogP contribution >= 0.6 is 0 Å². The maximum atomic E-state index is 2.21. The van der Waals surface area contributed by atoms with Crippen LogP contribution in [0.15, 0.2) is 122 Å². The highest BCUT2D eigenvalue weighted by Gasteiger charge is 2.17. The first-order chi connectivity index (χ1) is 14.8. The third-order valence-electron chi connectivity index (χ3n) is 5.24. The lowest BCUT2D eigenvalue weighted by Gasteiger charge is -2.02. The van der Waals surface area contributed by atoms with Crippen molar-refractivity contribution in [3.8, 4) is 11.4 Å². The first-order valence-corrected chi connectivity index (χ1v) is 10.2. The Morgan fingerprint density at radius 1 is 0.500 bits per heavy atom. The van der Waals surface area contributed by atoms with Gasteiger partial charge >= 0.3 is 0 Å². The van der Waals surface area contributed by atoms with Crippen LogP contribution in [0, 0.1) is 0 Å². The molecule has 0 atom stereocenters. The third kappa shape index (κ3) is 3.94. The molecule has 0 fully saturated rings. The maximum Gasteiger partial charge on any atom is 0.249 e. The van der Waals surface area contributed by atoms with E-state index < -0.39 is 0 Å². The molecule has 4 nitrogen and oxygen atoms in total. The van der Waals surface area contributed by atoms with E-state index in [-0.39, 0.29) is 0 Å². The Hall–Kier alpha value is -3.92. The van der Waals surface area contributed by atoms with Crippen molar-refractivity contribution in [2.24, 2.45) is 0 Å². The fourth-order valence-electron chi connectivity index (χ4n) is 3.75. The van der Waals surface area contributed by atoms with E-state index in [1.807, 2.05) is 0 Å². The van der Waals surface area contributed by atoms with Crippen molar-refractivity contribution < 1.29 is 9.13 Å². The van der Waals surface area contributed by atoms with Crippen molar-refractivity contribution in [1.29, 1.82) is 0 Å². The van der Waals surface area contributed by atoms with Crippen LogP contribution < -0.4 is 9.13 Å². The summed E-state index contributed by atoms with van der Waals surface area (Å²) in [6, 6.07) is 29.5. The predicted octanol–water partition coefficient (Wildman–Crippen LogP) is 3.94. The minimum Gasteiger partial charge on any atom is -0.232 e. The standard InChI is InChI=1S/C26H24N4/c1-3-9-23(10-4-1)19-27-15-17-29(21-27)25-13-7-8-14-26(25)30-18-16-28(22-30)20-24-11-5-2-6-12-24/h1-18,21-22H,19-20H2/q+2. The summed E-state index contributed by atoms with van der Waals surface area (Å²) in [6.45, 7) is 1.72. The summed E-state index contributed by atoms with van der Waals surface area (Å²) in [5, 5.41) is 0. The van der Waals surface area contributed by atoms with Gasteiger partial charge in [-0.15, -0.1) is 0 Å². The van der Waals surface area contributed by atoms with Crippen LogP contribution in [0.25, 0.3) is 11.4 Å². The fraction of sp³-hybridized carbons (Fsp3) is 0.0769. The summed E-state index contributed by atoms with van der Waals surface area (Å²) >= 11 is 0. The average Bonchev–Trinajstić information content (AvgIpc) is 3.45. The van der Waals surface area contributed by atoms with Gasteiger partial charge in [0.25, 0.3) is 0 Å². The minimum absolute atomic E-state index is 0.858. The molecule has 5 aromatic rings. The van der Waals surface area contributed by atoms with Crippen LogP contribution in [-0.4, -0.2) is 9.13 Å². The lowest BCUT2D eigenvalue weighted by Crippen LogP contribution is -2.31. The second-order valence-electron chi connectivity index (χ2n) is 7.45. The number of hydrogen-bond donors (Lipinski definition) is 0. The van der Waals surface area contributed by atoms with E-state index in [1.54, 1.807) is 0 Å². The third-order valence-corrected chi connectivity index (χ3v) is 5.24. The van der Waals surface area contributed by atoms with Crippen LogP contribution in [-0.2, 0) is 13.1 Å². The zero-order valence-electron chi connectivity index (χ0n) is 16.8. The van der Waals surface area contributed by atoms with E-state index in [0.717, 1.165) is 24.5 Å². The fourth-order valence-corrected chi connectivity index (χ4v) is 3.75. The zero-order chi connectivity index (χ0) is 20.2. The first-order valence-electron chi connectivity index (χ1n) is 10.2. The van der Waals surface area contributed by atoms with E-state index in [0.29, 0.717) is 0 Å². The van der Waals surface area contributed by atoms with E-state index in [4.69, 9.17) is 0 Å². The highest BCUT2D eigenvalue weighted by atomic mass is 15.2. The number of nitrogens with zero attached hydrogens (tertiary/aromatic N) is 4. The topological polar surface area (TPSA) is 17.6 Å². The number of para-hydroxylation sites is 2. The number of hydrogen-bond acceptors (Lipinski definition) is 0. The molecule has 5 rings (SSSR count). The summed E-state index contributed by atoms with van der Waals surface area (Å²) in [6.07, 6.45) is 12.8. The summed E-state index contributed by atoms with van der Waals surface area (Å²) < 4.78 is 8.77. The van der Waals surface area contributed by atoms with Crippen LogP contribution in [0.5, 0.6) is 0 Å². The smallest absolute Gasteiger partial charge is 0.232 e. The van der Waals surface area contributed by atoms with Gasteiger partial charge < -0.3 is 0 Å². The molecule has 2 aromatic heterocycles. The molecule has 0 aliphatic carbocycles. The first kappa shape index (κ1) is 18.1. The molecule has 0 saturated carbocycles. The van der Waals surface area contributed by atoms with Gasteiger partial charge in [-0.3, -0.25) is 0 Å². The number of imidazole rings is 2. The lowest BCUT2D eigenvalue weighted by molar-refractivity contribution is -0.687. The second kappa shape index (κ2) is 8.21. The monoisotopic (exact) mass is 392 g/mol. The summed E-state index contributed by atoms with van der Waals surface area (Å²) in [4.78, 5) is 0. The number of rotatable bonds is 6. The Morgan fingerprint density at radius 2 is 0.900 bits per heavy atom. The molecule has 4 heteroatoms. The van der Waals surface area contributed by atoms with Gasteiger partial charge in [-0.1, -0.05) is 72.8 Å². The summed E-state index contributed by atoms with van der Waals surface area (Å²) in [5.74, 6) is 0. The van der Waals surface area contributed by atoms with E-state index in [9.17, 15) is 0 Å². The number of benzene rings is 3. The van der Waals surface area contributed by atoms with Gasteiger partial charge in [0.2, 0.25) is 12.7 Å². The van der Waals surface area contributed by atoms with E-state index >= 15 is 0 Å². The Labute approximate surface area is 176 Å². The molecule has 30 heavy (non-hydrogen) atoms. The van der Waals surface area contributed by atoms with Crippen LogP contribution in [0.1, 0.15) is 11.1 Å². The Balaban J connectivity index is 1.41. The molecular formula is C26H24N4+2. The molecule has 0 spiro atoms.